The van der Waals surface area contributed by atoms with Crippen LogP contribution in [-0.4, -0.2) is 15.9 Å². The summed E-state index contributed by atoms with van der Waals surface area (Å²) in [4.78, 5) is 29.0. The Labute approximate surface area is 112 Å². The molecule has 0 saturated heterocycles. The molecule has 1 aromatic carbocycles. The van der Waals surface area contributed by atoms with Crippen molar-refractivity contribution in [3.8, 4) is 0 Å². The summed E-state index contributed by atoms with van der Waals surface area (Å²) in [5.41, 5.74) is 2.22. The van der Waals surface area contributed by atoms with Gasteiger partial charge >= 0.3 is 5.69 Å². The molecule has 0 unspecified atom stereocenters. The van der Waals surface area contributed by atoms with E-state index in [1.54, 1.807) is 6.07 Å². The minimum atomic E-state index is -0.227. The highest BCUT2D eigenvalue weighted by atomic mass is 32.1. The van der Waals surface area contributed by atoms with Crippen LogP contribution in [0.2, 0.25) is 0 Å². The monoisotopic (exact) mass is 273 g/mol. The molecule has 0 aliphatic heterocycles. The molecule has 0 aliphatic carbocycles. The third-order valence-corrected chi connectivity index (χ3v) is 3.65. The third-order valence-electron chi connectivity index (χ3n) is 2.78. The molecule has 0 radical (unpaired) electrons. The van der Waals surface area contributed by atoms with Crippen LogP contribution in [0.5, 0.6) is 0 Å². The first kappa shape index (κ1) is 11.7. The Balaban J connectivity index is 1.74. The van der Waals surface area contributed by atoms with Gasteiger partial charge in [-0.25, -0.2) is 4.79 Å². The number of carbonyl (C=O) groups excluding carboxylic acids is 1. The van der Waals surface area contributed by atoms with E-state index in [0.29, 0.717) is 11.4 Å². The summed E-state index contributed by atoms with van der Waals surface area (Å²) in [6, 6.07) is 9.17. The largest absolute Gasteiger partial charge is 0.347 e. The molecule has 5 nitrogen and oxygen atoms in total. The van der Waals surface area contributed by atoms with Gasteiger partial charge in [0.25, 0.3) is 5.91 Å². The van der Waals surface area contributed by atoms with E-state index >= 15 is 0 Å². The quantitative estimate of drug-likeness (QED) is 0.681. The molecule has 0 aliphatic rings. The van der Waals surface area contributed by atoms with Crippen LogP contribution in [0.25, 0.3) is 11.0 Å². The van der Waals surface area contributed by atoms with Crippen molar-refractivity contribution in [2.24, 2.45) is 0 Å². The molecule has 0 atom stereocenters. The van der Waals surface area contributed by atoms with Gasteiger partial charge in [-0.2, -0.15) is 0 Å². The van der Waals surface area contributed by atoms with E-state index in [9.17, 15) is 9.59 Å². The molecule has 0 spiro atoms. The van der Waals surface area contributed by atoms with E-state index in [2.05, 4.69) is 15.3 Å². The number of carbonyl (C=O) groups is 1. The fourth-order valence-electron chi connectivity index (χ4n) is 1.87. The number of hydrogen-bond acceptors (Lipinski definition) is 3. The van der Waals surface area contributed by atoms with Crippen molar-refractivity contribution in [2.45, 2.75) is 6.54 Å². The number of H-pyrrole nitrogens is 2. The van der Waals surface area contributed by atoms with Crippen LogP contribution < -0.4 is 11.0 Å². The van der Waals surface area contributed by atoms with Gasteiger partial charge in [-0.15, -0.1) is 11.3 Å². The number of imidazole rings is 1. The molecule has 2 aromatic heterocycles. The molecule has 0 bridgehead atoms. The van der Waals surface area contributed by atoms with Gasteiger partial charge in [-0.3, -0.25) is 4.79 Å². The molecule has 3 N–H and O–H groups in total. The van der Waals surface area contributed by atoms with Gasteiger partial charge in [-0.1, -0.05) is 12.1 Å². The zero-order valence-electron chi connectivity index (χ0n) is 9.90. The topological polar surface area (TPSA) is 77.8 Å². The van der Waals surface area contributed by atoms with Crippen LogP contribution in [0.4, 0.5) is 0 Å². The molecule has 3 aromatic rings. The Bertz CT molecular complexity index is 771. The van der Waals surface area contributed by atoms with Crippen molar-refractivity contribution in [3.63, 3.8) is 0 Å². The van der Waals surface area contributed by atoms with Crippen LogP contribution in [0.1, 0.15) is 15.2 Å². The number of aromatic amines is 2. The summed E-state index contributed by atoms with van der Waals surface area (Å²) >= 11 is 1.41. The number of nitrogens with one attached hydrogen (secondary N) is 3. The maximum absolute atomic E-state index is 11.8. The minimum absolute atomic E-state index is 0.0855. The van der Waals surface area contributed by atoms with E-state index in [1.807, 2.05) is 29.6 Å². The lowest BCUT2D eigenvalue weighted by Crippen LogP contribution is -2.21. The van der Waals surface area contributed by atoms with Crippen LogP contribution >= 0.6 is 11.3 Å². The summed E-state index contributed by atoms with van der Waals surface area (Å²) in [6.45, 7) is 0.430. The average Bonchev–Trinajstić information content (AvgIpc) is 3.03. The second kappa shape index (κ2) is 4.74. The van der Waals surface area contributed by atoms with Crippen molar-refractivity contribution >= 4 is 28.3 Å². The Hall–Kier alpha value is -2.34. The predicted octanol–water partition coefficient (Wildman–Crippen LogP) is 1.85. The van der Waals surface area contributed by atoms with E-state index in [1.165, 1.54) is 11.3 Å². The number of aromatic nitrogens is 2. The minimum Gasteiger partial charge on any atom is -0.347 e. The second-order valence-corrected chi connectivity index (χ2v) is 5.07. The van der Waals surface area contributed by atoms with Gasteiger partial charge in [0.15, 0.2) is 0 Å². The lowest BCUT2D eigenvalue weighted by molar-refractivity contribution is 0.0955. The molecule has 3 rings (SSSR count). The standard InChI is InChI=1S/C13H11N3O2S/c17-12(11-2-1-5-19-11)14-7-8-3-4-9-10(6-8)16-13(18)15-9/h1-6H,7H2,(H,14,17)(H2,15,16,18). The number of hydrogen-bond donors (Lipinski definition) is 3. The highest BCUT2D eigenvalue weighted by molar-refractivity contribution is 7.12. The summed E-state index contributed by atoms with van der Waals surface area (Å²) in [6.07, 6.45) is 0. The molecular formula is C13H11N3O2S. The fourth-order valence-corrected chi connectivity index (χ4v) is 2.51. The Morgan fingerprint density at radius 2 is 2.05 bits per heavy atom. The van der Waals surface area contributed by atoms with Gasteiger partial charge in [0.1, 0.15) is 0 Å². The van der Waals surface area contributed by atoms with Gasteiger partial charge < -0.3 is 15.3 Å². The Kier molecular flexibility index (Phi) is 2.92. The van der Waals surface area contributed by atoms with Crippen molar-refractivity contribution in [3.05, 3.63) is 56.6 Å². The van der Waals surface area contributed by atoms with Crippen LogP contribution in [-0.2, 0) is 6.54 Å². The first-order chi connectivity index (χ1) is 9.22. The second-order valence-electron chi connectivity index (χ2n) is 4.12. The number of benzene rings is 1. The normalized spacial score (nSPS) is 10.7. The molecule has 96 valence electrons. The molecule has 6 heteroatoms. The zero-order valence-corrected chi connectivity index (χ0v) is 10.7. The van der Waals surface area contributed by atoms with Gasteiger partial charge in [-0.05, 0) is 29.1 Å². The number of rotatable bonds is 3. The summed E-state index contributed by atoms with van der Waals surface area (Å²) in [7, 11) is 0. The highest BCUT2D eigenvalue weighted by Crippen LogP contribution is 2.11. The first-order valence-electron chi connectivity index (χ1n) is 5.75. The van der Waals surface area contributed by atoms with E-state index in [-0.39, 0.29) is 11.6 Å². The smallest absolute Gasteiger partial charge is 0.323 e. The lowest BCUT2D eigenvalue weighted by atomic mass is 10.2. The summed E-state index contributed by atoms with van der Waals surface area (Å²) < 4.78 is 0. The SMILES string of the molecule is O=C(NCc1ccc2[nH]c(=O)[nH]c2c1)c1cccs1. The number of fused-ring (bicyclic) bond motifs is 1. The third kappa shape index (κ3) is 2.43. The van der Waals surface area contributed by atoms with Crippen LogP contribution in [0, 0.1) is 0 Å². The average molecular weight is 273 g/mol. The van der Waals surface area contributed by atoms with E-state index in [4.69, 9.17) is 0 Å². The van der Waals surface area contributed by atoms with Gasteiger partial charge in [0.2, 0.25) is 0 Å². The first-order valence-corrected chi connectivity index (χ1v) is 6.63. The van der Waals surface area contributed by atoms with E-state index < -0.39 is 0 Å². The summed E-state index contributed by atoms with van der Waals surface area (Å²) in [5, 5.41) is 4.71. The molecule has 0 fully saturated rings. The maximum atomic E-state index is 11.8. The molecule has 0 saturated carbocycles. The Morgan fingerprint density at radius 1 is 1.21 bits per heavy atom. The van der Waals surface area contributed by atoms with Crippen molar-refractivity contribution in [1.82, 2.24) is 15.3 Å². The fraction of sp³-hybridized carbons (Fsp3) is 0.0769. The number of thiophene rings is 1. The van der Waals surface area contributed by atoms with Crippen LogP contribution in [0.15, 0.2) is 40.5 Å². The Morgan fingerprint density at radius 3 is 2.84 bits per heavy atom. The van der Waals surface area contributed by atoms with Gasteiger partial charge in [0, 0.05) is 6.54 Å². The molecule has 1 amide bonds. The molecular weight excluding hydrogens is 262 g/mol. The molecule has 2 heterocycles. The zero-order chi connectivity index (χ0) is 13.2. The summed E-state index contributed by atoms with van der Waals surface area (Å²) in [5.74, 6) is -0.0855. The highest BCUT2D eigenvalue weighted by Gasteiger charge is 2.06. The molecule has 19 heavy (non-hydrogen) atoms. The predicted molar refractivity (Wildman–Crippen MR) is 74.4 cm³/mol. The lowest BCUT2D eigenvalue weighted by Gasteiger charge is -2.03. The maximum Gasteiger partial charge on any atom is 0.323 e. The van der Waals surface area contributed by atoms with Crippen LogP contribution in [0.3, 0.4) is 0 Å². The van der Waals surface area contributed by atoms with Crippen molar-refractivity contribution in [2.75, 3.05) is 0 Å². The number of amides is 1. The van der Waals surface area contributed by atoms with E-state index in [0.717, 1.165) is 16.6 Å². The van der Waals surface area contributed by atoms with Crippen molar-refractivity contribution in [1.29, 1.82) is 0 Å². The van der Waals surface area contributed by atoms with Crippen molar-refractivity contribution < 1.29 is 4.79 Å². The van der Waals surface area contributed by atoms with Gasteiger partial charge in [0.05, 0.1) is 15.9 Å².